The van der Waals surface area contributed by atoms with E-state index in [4.69, 9.17) is 11.0 Å². The van der Waals surface area contributed by atoms with Gasteiger partial charge < -0.3 is 10.6 Å². The van der Waals surface area contributed by atoms with Crippen molar-refractivity contribution >= 4 is 17.1 Å². The highest BCUT2D eigenvalue weighted by Crippen LogP contribution is 2.29. The Morgan fingerprint density at radius 3 is 2.45 bits per heavy atom. The third-order valence-electron chi connectivity index (χ3n) is 2.95. The molecule has 0 aromatic heterocycles. The van der Waals surface area contributed by atoms with Gasteiger partial charge in [0.1, 0.15) is 6.07 Å². The van der Waals surface area contributed by atoms with Crippen LogP contribution >= 0.6 is 0 Å². The number of rotatable bonds is 4. The number of nitrogens with zero attached hydrogens (tertiary/aromatic N) is 3. The molecule has 2 N–H and O–H groups in total. The van der Waals surface area contributed by atoms with Crippen LogP contribution in [0.15, 0.2) is 48.5 Å². The highest BCUT2D eigenvalue weighted by atomic mass is 15.1. The van der Waals surface area contributed by atoms with E-state index >= 15 is 0 Å². The van der Waals surface area contributed by atoms with Gasteiger partial charge in [0.25, 0.3) is 0 Å². The number of nitrogen functional groups attached to an aromatic ring is 1. The molecule has 0 aliphatic heterocycles. The van der Waals surface area contributed by atoms with E-state index in [1.807, 2.05) is 41.3 Å². The predicted octanol–water partition coefficient (Wildman–Crippen LogP) is 3.19. The van der Waals surface area contributed by atoms with Crippen molar-refractivity contribution in [1.29, 1.82) is 10.5 Å². The third kappa shape index (κ3) is 2.88. The average Bonchev–Trinajstić information content (AvgIpc) is 2.49. The van der Waals surface area contributed by atoms with Crippen LogP contribution in [0.2, 0.25) is 0 Å². The number of anilines is 3. The van der Waals surface area contributed by atoms with Gasteiger partial charge in [-0.15, -0.1) is 0 Å². The van der Waals surface area contributed by atoms with E-state index in [0.717, 1.165) is 11.4 Å². The van der Waals surface area contributed by atoms with Gasteiger partial charge in [-0.3, -0.25) is 0 Å². The van der Waals surface area contributed by atoms with Crippen molar-refractivity contribution in [3.05, 3.63) is 54.1 Å². The quantitative estimate of drug-likeness (QED) is 0.858. The first-order valence-electron chi connectivity index (χ1n) is 6.25. The van der Waals surface area contributed by atoms with Crippen LogP contribution < -0.4 is 10.6 Å². The largest absolute Gasteiger partial charge is 0.399 e. The van der Waals surface area contributed by atoms with Crippen LogP contribution in [0.3, 0.4) is 0 Å². The number of nitriles is 2. The molecule has 0 amide bonds. The summed E-state index contributed by atoms with van der Waals surface area (Å²) in [6.07, 6.45) is 0.379. The van der Waals surface area contributed by atoms with Gasteiger partial charge >= 0.3 is 0 Å². The lowest BCUT2D eigenvalue weighted by Crippen LogP contribution is -2.19. The molecule has 2 aromatic carbocycles. The van der Waals surface area contributed by atoms with Crippen molar-refractivity contribution in [2.24, 2.45) is 0 Å². The Morgan fingerprint density at radius 2 is 1.80 bits per heavy atom. The molecular formula is C16H14N4. The topological polar surface area (TPSA) is 76.8 Å². The fourth-order valence-electron chi connectivity index (χ4n) is 2.04. The summed E-state index contributed by atoms with van der Waals surface area (Å²) >= 11 is 0. The predicted molar refractivity (Wildman–Crippen MR) is 79.2 cm³/mol. The van der Waals surface area contributed by atoms with Crippen molar-refractivity contribution in [1.82, 2.24) is 0 Å². The molecule has 4 heteroatoms. The van der Waals surface area contributed by atoms with Crippen LogP contribution in [0.25, 0.3) is 0 Å². The second-order valence-electron chi connectivity index (χ2n) is 4.28. The van der Waals surface area contributed by atoms with Crippen LogP contribution in [0.1, 0.15) is 12.0 Å². The molecular weight excluding hydrogens is 248 g/mol. The van der Waals surface area contributed by atoms with Gasteiger partial charge in [-0.1, -0.05) is 18.2 Å². The van der Waals surface area contributed by atoms with E-state index < -0.39 is 0 Å². The highest BCUT2D eigenvalue weighted by molar-refractivity contribution is 5.71. The van der Waals surface area contributed by atoms with Gasteiger partial charge in [-0.2, -0.15) is 10.5 Å². The Labute approximate surface area is 118 Å². The zero-order chi connectivity index (χ0) is 14.4. The molecule has 2 rings (SSSR count). The number of hydrogen-bond donors (Lipinski definition) is 1. The molecule has 2 aromatic rings. The first-order valence-corrected chi connectivity index (χ1v) is 6.25. The molecule has 0 radical (unpaired) electrons. The lowest BCUT2D eigenvalue weighted by molar-refractivity contribution is 0.946. The molecule has 0 fully saturated rings. The van der Waals surface area contributed by atoms with Gasteiger partial charge in [-0.05, 0) is 30.3 Å². The van der Waals surface area contributed by atoms with E-state index in [1.165, 1.54) is 0 Å². The SMILES string of the molecule is N#CCCN(c1ccccc1)c1ccc(N)cc1C#N. The van der Waals surface area contributed by atoms with Gasteiger partial charge in [0.05, 0.1) is 23.7 Å². The van der Waals surface area contributed by atoms with Crippen molar-refractivity contribution < 1.29 is 0 Å². The number of hydrogen-bond acceptors (Lipinski definition) is 4. The van der Waals surface area contributed by atoms with Crippen molar-refractivity contribution in [2.75, 3.05) is 17.2 Å². The van der Waals surface area contributed by atoms with Crippen molar-refractivity contribution in [3.63, 3.8) is 0 Å². The van der Waals surface area contributed by atoms with Crippen molar-refractivity contribution in [3.8, 4) is 12.1 Å². The van der Waals surface area contributed by atoms with Crippen LogP contribution in [-0.4, -0.2) is 6.54 Å². The molecule has 0 atom stereocenters. The van der Waals surface area contributed by atoms with E-state index in [9.17, 15) is 5.26 Å². The molecule has 0 bridgehead atoms. The minimum Gasteiger partial charge on any atom is -0.399 e. The van der Waals surface area contributed by atoms with E-state index in [0.29, 0.717) is 24.2 Å². The van der Waals surface area contributed by atoms with Gasteiger partial charge in [0, 0.05) is 17.9 Å². The van der Waals surface area contributed by atoms with E-state index in [-0.39, 0.29) is 0 Å². The molecule has 0 unspecified atom stereocenters. The molecule has 4 nitrogen and oxygen atoms in total. The summed E-state index contributed by atoms with van der Waals surface area (Å²) in [6.45, 7) is 0.527. The van der Waals surface area contributed by atoms with Gasteiger partial charge in [0.15, 0.2) is 0 Å². The molecule has 0 saturated heterocycles. The minimum absolute atomic E-state index is 0.379. The van der Waals surface area contributed by atoms with Gasteiger partial charge in [0.2, 0.25) is 0 Å². The molecule has 0 spiro atoms. The summed E-state index contributed by atoms with van der Waals surface area (Å²) < 4.78 is 0. The Hall–Kier alpha value is -2.98. The fourth-order valence-corrected chi connectivity index (χ4v) is 2.04. The van der Waals surface area contributed by atoms with Crippen LogP contribution in [0.5, 0.6) is 0 Å². The maximum absolute atomic E-state index is 9.27. The smallest absolute Gasteiger partial charge is 0.101 e. The summed E-state index contributed by atoms with van der Waals surface area (Å²) in [5.74, 6) is 0. The summed E-state index contributed by atoms with van der Waals surface area (Å²) in [4.78, 5) is 1.96. The standard InChI is InChI=1S/C16H14N4/c17-9-4-10-20(15-5-2-1-3-6-15)16-8-7-14(19)11-13(16)12-18/h1-3,5-8,11H,4,10,19H2. The second kappa shape index (κ2) is 6.26. The van der Waals surface area contributed by atoms with Gasteiger partial charge in [-0.25, -0.2) is 0 Å². The average molecular weight is 262 g/mol. The normalized spacial score (nSPS) is 9.50. The number of para-hydroxylation sites is 1. The summed E-state index contributed by atoms with van der Waals surface area (Å²) in [6, 6.07) is 19.2. The van der Waals surface area contributed by atoms with E-state index in [2.05, 4.69) is 12.1 Å². The number of nitrogens with two attached hydrogens (primary N) is 1. The summed E-state index contributed by atoms with van der Waals surface area (Å²) in [5.41, 5.74) is 8.50. The Bertz CT molecular complexity index is 665. The molecule has 0 aliphatic rings. The van der Waals surface area contributed by atoms with Crippen LogP contribution in [-0.2, 0) is 0 Å². The number of benzene rings is 2. The van der Waals surface area contributed by atoms with Crippen LogP contribution in [0.4, 0.5) is 17.1 Å². The first kappa shape index (κ1) is 13.5. The lowest BCUT2D eigenvalue weighted by Gasteiger charge is -2.25. The molecule has 0 heterocycles. The molecule has 0 saturated carbocycles. The van der Waals surface area contributed by atoms with Crippen LogP contribution in [0, 0.1) is 22.7 Å². The summed E-state index contributed by atoms with van der Waals surface area (Å²) in [5, 5.41) is 18.1. The second-order valence-corrected chi connectivity index (χ2v) is 4.28. The lowest BCUT2D eigenvalue weighted by atomic mass is 10.1. The molecule has 0 aliphatic carbocycles. The molecule has 20 heavy (non-hydrogen) atoms. The minimum atomic E-state index is 0.379. The van der Waals surface area contributed by atoms with E-state index in [1.54, 1.807) is 12.1 Å². The third-order valence-corrected chi connectivity index (χ3v) is 2.95. The fraction of sp³-hybridized carbons (Fsp3) is 0.125. The zero-order valence-electron chi connectivity index (χ0n) is 11.0. The maximum Gasteiger partial charge on any atom is 0.101 e. The Balaban J connectivity index is 2.48. The zero-order valence-corrected chi connectivity index (χ0v) is 11.0. The monoisotopic (exact) mass is 262 g/mol. The Kier molecular flexibility index (Phi) is 4.21. The van der Waals surface area contributed by atoms with Crippen molar-refractivity contribution in [2.45, 2.75) is 6.42 Å². The molecule has 98 valence electrons. The first-order chi connectivity index (χ1) is 9.76. The summed E-state index contributed by atoms with van der Waals surface area (Å²) in [7, 11) is 0. The maximum atomic E-state index is 9.27. The Morgan fingerprint density at radius 1 is 1.05 bits per heavy atom. The highest BCUT2D eigenvalue weighted by Gasteiger charge is 2.13.